The van der Waals surface area contributed by atoms with Crippen LogP contribution in [0.2, 0.25) is 0 Å². The zero-order valence-corrected chi connectivity index (χ0v) is 21.5. The number of aromatic nitrogens is 1. The molecule has 0 saturated carbocycles. The summed E-state index contributed by atoms with van der Waals surface area (Å²) in [6.07, 6.45) is -0.399. The van der Waals surface area contributed by atoms with E-state index in [1.165, 1.54) is 11.3 Å². The molecule has 0 N–H and O–H groups in total. The number of methoxy groups -OCH3 is 1. The molecule has 1 aromatic heterocycles. The Bertz CT molecular complexity index is 1190. The van der Waals surface area contributed by atoms with Crippen molar-refractivity contribution in [2.75, 3.05) is 27.1 Å². The van der Waals surface area contributed by atoms with Crippen molar-refractivity contribution < 1.29 is 23.7 Å². The molecule has 3 aromatic carbocycles. The minimum absolute atomic E-state index is 0.0926. The molecule has 8 heteroatoms. The second kappa shape index (κ2) is 13.2. The van der Waals surface area contributed by atoms with E-state index < -0.39 is 6.10 Å². The minimum atomic E-state index is -0.491. The van der Waals surface area contributed by atoms with Crippen LogP contribution in [0.25, 0.3) is 11.3 Å². The second-order valence-corrected chi connectivity index (χ2v) is 9.63. The van der Waals surface area contributed by atoms with Gasteiger partial charge in [0.15, 0.2) is 12.9 Å². The first-order valence-electron chi connectivity index (χ1n) is 11.4. The van der Waals surface area contributed by atoms with Gasteiger partial charge in [0, 0.05) is 17.6 Å². The predicted molar refractivity (Wildman–Crippen MR) is 143 cm³/mol. The highest BCUT2D eigenvalue weighted by Crippen LogP contribution is 2.33. The highest BCUT2D eigenvalue weighted by Gasteiger charge is 2.22. The van der Waals surface area contributed by atoms with E-state index >= 15 is 0 Å². The number of carbonyl (C=O) groups is 1. The number of thiol groups is 1. The topological polar surface area (TPSA) is 66.9 Å². The van der Waals surface area contributed by atoms with Gasteiger partial charge in [-0.3, -0.25) is 4.79 Å². The van der Waals surface area contributed by atoms with Gasteiger partial charge in [0.2, 0.25) is 0 Å². The summed E-state index contributed by atoms with van der Waals surface area (Å²) >= 11 is 5.80. The standard InChI is InChI=1S/C28H27NO5S2/c1-31-16-17-32-19-33-23-14-12-20(13-15-23)26-24(36-28(35)29-26)18-25(30)34-27(21-8-4-2-5-9-21)22-10-6-3-7-11-22/h2-15,27H,16-19H2,1H3,(H,29,35). The van der Waals surface area contributed by atoms with Gasteiger partial charge in [-0.2, -0.15) is 0 Å². The molecule has 4 rings (SSSR count). The molecular formula is C28H27NO5S2. The molecule has 0 fully saturated rings. The van der Waals surface area contributed by atoms with Crippen molar-refractivity contribution in [3.05, 3.63) is 101 Å². The number of hydrogen-bond donors (Lipinski definition) is 1. The average molecular weight is 522 g/mol. The maximum absolute atomic E-state index is 13.1. The quantitative estimate of drug-likeness (QED) is 0.107. The lowest BCUT2D eigenvalue weighted by Gasteiger charge is -2.19. The third-order valence-electron chi connectivity index (χ3n) is 5.31. The fourth-order valence-electron chi connectivity index (χ4n) is 3.59. The van der Waals surface area contributed by atoms with E-state index in [-0.39, 0.29) is 19.2 Å². The second-order valence-electron chi connectivity index (χ2n) is 7.82. The normalized spacial score (nSPS) is 11.0. The number of rotatable bonds is 12. The number of thiazole rings is 1. The summed E-state index contributed by atoms with van der Waals surface area (Å²) in [6.45, 7) is 1.12. The number of ether oxygens (including phenoxy) is 4. The Kier molecular flexibility index (Phi) is 9.52. The summed E-state index contributed by atoms with van der Waals surface area (Å²) < 4.78 is 22.4. The smallest absolute Gasteiger partial charge is 0.312 e. The van der Waals surface area contributed by atoms with E-state index in [0.717, 1.165) is 21.6 Å². The van der Waals surface area contributed by atoms with E-state index in [2.05, 4.69) is 17.6 Å². The highest BCUT2D eigenvalue weighted by molar-refractivity contribution is 7.82. The summed E-state index contributed by atoms with van der Waals surface area (Å²) in [6, 6.07) is 27.0. The van der Waals surface area contributed by atoms with Crippen molar-refractivity contribution in [1.82, 2.24) is 4.98 Å². The maximum atomic E-state index is 13.1. The summed E-state index contributed by atoms with van der Waals surface area (Å²) in [5.74, 6) is 0.339. The van der Waals surface area contributed by atoms with Gasteiger partial charge in [-0.15, -0.1) is 24.0 Å². The molecule has 0 atom stereocenters. The summed E-state index contributed by atoms with van der Waals surface area (Å²) in [5.41, 5.74) is 3.40. The number of esters is 1. The molecule has 186 valence electrons. The Balaban J connectivity index is 1.45. The summed E-state index contributed by atoms with van der Waals surface area (Å²) in [7, 11) is 1.62. The number of hydrogen-bond acceptors (Lipinski definition) is 8. The Hall–Kier alpha value is -3.17. The number of benzene rings is 3. The van der Waals surface area contributed by atoms with E-state index in [1.54, 1.807) is 7.11 Å². The predicted octanol–water partition coefficient (Wildman–Crippen LogP) is 5.97. The van der Waals surface area contributed by atoms with Gasteiger partial charge in [-0.1, -0.05) is 60.7 Å². The molecule has 0 unspecified atom stereocenters. The molecule has 4 aromatic rings. The first kappa shape index (κ1) is 25.9. The number of carbonyl (C=O) groups excluding carboxylic acids is 1. The van der Waals surface area contributed by atoms with Crippen molar-refractivity contribution in [1.29, 1.82) is 0 Å². The van der Waals surface area contributed by atoms with Crippen LogP contribution in [0, 0.1) is 0 Å². The molecule has 0 radical (unpaired) electrons. The molecule has 0 aliphatic rings. The average Bonchev–Trinajstić information content (AvgIpc) is 3.28. The first-order chi connectivity index (χ1) is 17.6. The Morgan fingerprint density at radius 2 is 1.56 bits per heavy atom. The van der Waals surface area contributed by atoms with Crippen LogP contribution < -0.4 is 4.74 Å². The van der Waals surface area contributed by atoms with Crippen molar-refractivity contribution >= 4 is 29.9 Å². The molecule has 0 saturated heterocycles. The fraction of sp³-hybridized carbons (Fsp3) is 0.214. The summed E-state index contributed by atoms with van der Waals surface area (Å²) in [5, 5.41) is 0. The monoisotopic (exact) mass is 521 g/mol. The van der Waals surface area contributed by atoms with Crippen molar-refractivity contribution in [3.63, 3.8) is 0 Å². The van der Waals surface area contributed by atoms with Crippen LogP contribution in [0.5, 0.6) is 5.75 Å². The Labute approximate surface area is 220 Å². The van der Waals surface area contributed by atoms with Gasteiger partial charge in [0.05, 0.1) is 25.3 Å². The van der Waals surface area contributed by atoms with Crippen molar-refractivity contribution in [2.24, 2.45) is 0 Å². The van der Waals surface area contributed by atoms with Crippen LogP contribution in [-0.4, -0.2) is 38.1 Å². The van der Waals surface area contributed by atoms with Crippen LogP contribution in [0.15, 0.2) is 89.3 Å². The molecular weight excluding hydrogens is 494 g/mol. The minimum Gasteiger partial charge on any atom is -0.468 e. The van der Waals surface area contributed by atoms with Crippen LogP contribution in [0.4, 0.5) is 0 Å². The van der Waals surface area contributed by atoms with Crippen molar-refractivity contribution in [2.45, 2.75) is 16.9 Å². The zero-order valence-electron chi connectivity index (χ0n) is 19.8. The fourth-order valence-corrected chi connectivity index (χ4v) is 4.83. The van der Waals surface area contributed by atoms with E-state index in [4.69, 9.17) is 18.9 Å². The zero-order chi connectivity index (χ0) is 25.2. The van der Waals surface area contributed by atoms with Crippen LogP contribution >= 0.6 is 24.0 Å². The highest BCUT2D eigenvalue weighted by atomic mass is 32.2. The lowest BCUT2D eigenvalue weighted by molar-refractivity contribution is -0.146. The maximum Gasteiger partial charge on any atom is 0.312 e. The first-order valence-corrected chi connectivity index (χ1v) is 12.7. The molecule has 6 nitrogen and oxygen atoms in total. The van der Waals surface area contributed by atoms with E-state index in [9.17, 15) is 4.79 Å². The third-order valence-corrected chi connectivity index (χ3v) is 6.55. The van der Waals surface area contributed by atoms with Crippen LogP contribution in [0.3, 0.4) is 0 Å². The van der Waals surface area contributed by atoms with Gasteiger partial charge in [-0.05, 0) is 35.4 Å². The van der Waals surface area contributed by atoms with Crippen LogP contribution in [-0.2, 0) is 25.4 Å². The SMILES string of the molecule is COCCOCOc1ccc(-c2nc(S)sc2CC(=O)OC(c2ccccc2)c2ccccc2)cc1. The molecule has 0 amide bonds. The van der Waals surface area contributed by atoms with Gasteiger partial charge >= 0.3 is 5.97 Å². The molecule has 0 aliphatic heterocycles. The van der Waals surface area contributed by atoms with Gasteiger partial charge < -0.3 is 18.9 Å². The van der Waals surface area contributed by atoms with Crippen molar-refractivity contribution in [3.8, 4) is 17.0 Å². The molecule has 0 bridgehead atoms. The van der Waals surface area contributed by atoms with E-state index in [1.807, 2.05) is 84.9 Å². The van der Waals surface area contributed by atoms with Gasteiger partial charge in [0.1, 0.15) is 10.1 Å². The van der Waals surface area contributed by atoms with Crippen LogP contribution in [0.1, 0.15) is 22.1 Å². The largest absolute Gasteiger partial charge is 0.468 e. The Morgan fingerprint density at radius 3 is 2.17 bits per heavy atom. The van der Waals surface area contributed by atoms with E-state index in [0.29, 0.717) is 29.0 Å². The lowest BCUT2D eigenvalue weighted by atomic mass is 10.0. The lowest BCUT2D eigenvalue weighted by Crippen LogP contribution is -2.14. The molecule has 36 heavy (non-hydrogen) atoms. The molecule has 0 aliphatic carbocycles. The van der Waals surface area contributed by atoms with Gasteiger partial charge in [0.25, 0.3) is 0 Å². The molecule has 1 heterocycles. The van der Waals surface area contributed by atoms with Gasteiger partial charge in [-0.25, -0.2) is 4.98 Å². The Morgan fingerprint density at radius 1 is 0.917 bits per heavy atom. The number of nitrogens with zero attached hydrogens (tertiary/aromatic N) is 1. The third kappa shape index (κ3) is 7.18. The molecule has 0 spiro atoms. The summed E-state index contributed by atoms with van der Waals surface area (Å²) in [4.78, 5) is 18.4.